The molecule has 0 spiro atoms. The van der Waals surface area contributed by atoms with Gasteiger partial charge in [0.15, 0.2) is 11.6 Å². The molecule has 0 saturated heterocycles. The molecule has 0 bridgehead atoms. The molecule has 1 aromatic heterocycles. The fraction of sp³-hybridized carbons (Fsp3) is 0.0909. The average molecular weight is 299 g/mol. The monoisotopic (exact) mass is 298 g/mol. The third-order valence-electron chi connectivity index (χ3n) is 2.35. The zero-order valence-corrected chi connectivity index (χ0v) is 10.9. The van der Waals surface area contributed by atoms with Crippen LogP contribution in [0.15, 0.2) is 24.4 Å². The van der Waals surface area contributed by atoms with Crippen molar-refractivity contribution < 1.29 is 14.1 Å². The Hall–Kier alpha value is -2.48. The van der Waals surface area contributed by atoms with E-state index in [0.29, 0.717) is 0 Å². The molecule has 1 heterocycles. The second-order valence-electron chi connectivity index (χ2n) is 3.60. The van der Waals surface area contributed by atoms with E-state index in [9.17, 15) is 14.5 Å². The highest BCUT2D eigenvalue weighted by Gasteiger charge is 2.17. The predicted octanol–water partition coefficient (Wildman–Crippen LogP) is 2.93. The molecule has 2 rings (SSSR count). The van der Waals surface area contributed by atoms with Crippen LogP contribution in [0, 0.1) is 15.9 Å². The van der Waals surface area contributed by atoms with Gasteiger partial charge >= 0.3 is 5.69 Å². The normalized spacial score (nSPS) is 10.2. The summed E-state index contributed by atoms with van der Waals surface area (Å²) >= 11 is 5.59. The van der Waals surface area contributed by atoms with Crippen LogP contribution in [-0.4, -0.2) is 22.0 Å². The van der Waals surface area contributed by atoms with Crippen LogP contribution in [0.5, 0.6) is 5.75 Å². The van der Waals surface area contributed by atoms with Crippen LogP contribution >= 0.6 is 11.6 Å². The van der Waals surface area contributed by atoms with Crippen molar-refractivity contribution in [2.24, 2.45) is 0 Å². The van der Waals surface area contributed by atoms with E-state index in [1.807, 2.05) is 0 Å². The number of halogens is 2. The minimum Gasteiger partial charge on any atom is -0.494 e. The van der Waals surface area contributed by atoms with Crippen molar-refractivity contribution in [3.63, 3.8) is 0 Å². The first kappa shape index (κ1) is 13.9. The summed E-state index contributed by atoms with van der Waals surface area (Å²) in [7, 11) is 1.33. The van der Waals surface area contributed by atoms with Crippen LogP contribution in [0.3, 0.4) is 0 Å². The maximum absolute atomic E-state index is 13.5. The highest BCUT2D eigenvalue weighted by atomic mass is 35.5. The summed E-state index contributed by atoms with van der Waals surface area (Å²) in [6.07, 6.45) is 0.970. The van der Waals surface area contributed by atoms with Crippen LogP contribution in [0.25, 0.3) is 0 Å². The number of nitrogens with zero attached hydrogens (tertiary/aromatic N) is 3. The van der Waals surface area contributed by atoms with Crippen LogP contribution in [0.4, 0.5) is 21.6 Å². The van der Waals surface area contributed by atoms with E-state index in [2.05, 4.69) is 15.3 Å². The number of nitro groups is 1. The molecule has 20 heavy (non-hydrogen) atoms. The van der Waals surface area contributed by atoms with Gasteiger partial charge in [-0.3, -0.25) is 10.1 Å². The number of aromatic nitrogens is 2. The highest BCUT2D eigenvalue weighted by Crippen LogP contribution is 2.28. The van der Waals surface area contributed by atoms with Crippen LogP contribution in [0.1, 0.15) is 0 Å². The number of ether oxygens (including phenoxy) is 1. The van der Waals surface area contributed by atoms with Crippen molar-refractivity contribution >= 4 is 28.8 Å². The molecule has 2 aromatic rings. The molecule has 0 atom stereocenters. The Bertz CT molecular complexity index is 668. The maximum atomic E-state index is 13.5. The lowest BCUT2D eigenvalue weighted by molar-refractivity contribution is -0.384. The zero-order chi connectivity index (χ0) is 14.7. The number of anilines is 2. The molecule has 1 N–H and O–H groups in total. The van der Waals surface area contributed by atoms with Crippen molar-refractivity contribution in [2.75, 3.05) is 12.4 Å². The van der Waals surface area contributed by atoms with E-state index in [1.165, 1.54) is 19.2 Å². The van der Waals surface area contributed by atoms with Gasteiger partial charge in [0.05, 0.1) is 12.0 Å². The van der Waals surface area contributed by atoms with E-state index >= 15 is 0 Å². The first-order valence-corrected chi connectivity index (χ1v) is 5.66. The van der Waals surface area contributed by atoms with Crippen LogP contribution in [-0.2, 0) is 0 Å². The number of hydrogen-bond donors (Lipinski definition) is 1. The lowest BCUT2D eigenvalue weighted by Gasteiger charge is -2.08. The molecule has 0 saturated carbocycles. The van der Waals surface area contributed by atoms with Crippen molar-refractivity contribution in [1.29, 1.82) is 0 Å². The Morgan fingerprint density at radius 2 is 2.25 bits per heavy atom. The molecule has 0 amide bonds. The molecule has 7 nitrogen and oxygen atoms in total. The van der Waals surface area contributed by atoms with E-state index in [1.54, 1.807) is 0 Å². The van der Waals surface area contributed by atoms with Gasteiger partial charge < -0.3 is 10.1 Å². The average Bonchev–Trinajstić information content (AvgIpc) is 2.38. The van der Waals surface area contributed by atoms with Crippen molar-refractivity contribution in [1.82, 2.24) is 9.97 Å². The standard InChI is InChI=1S/C11H8ClFN4O3/c1-20-9-3-2-6(4-7(9)13)15-10-8(17(18)19)5-14-11(12)16-10/h2-5H,1H3,(H,14,15,16). The van der Waals surface area contributed by atoms with Gasteiger partial charge in [-0.2, -0.15) is 4.98 Å². The third kappa shape index (κ3) is 2.91. The van der Waals surface area contributed by atoms with Gasteiger partial charge in [0.1, 0.15) is 6.20 Å². The summed E-state index contributed by atoms with van der Waals surface area (Å²) in [5.74, 6) is -0.675. The SMILES string of the molecule is COc1ccc(Nc2nc(Cl)ncc2[N+](=O)[O-])cc1F. The molecule has 104 valence electrons. The van der Waals surface area contributed by atoms with Gasteiger partial charge in [-0.1, -0.05) is 0 Å². The molecule has 0 radical (unpaired) electrons. The van der Waals surface area contributed by atoms with Gasteiger partial charge in [0.25, 0.3) is 0 Å². The van der Waals surface area contributed by atoms with Crippen LogP contribution in [0.2, 0.25) is 5.28 Å². The minimum absolute atomic E-state index is 0.0609. The van der Waals surface area contributed by atoms with Gasteiger partial charge in [-0.15, -0.1) is 0 Å². The fourth-order valence-corrected chi connectivity index (χ4v) is 1.59. The summed E-state index contributed by atoms with van der Waals surface area (Å²) in [5, 5.41) is 13.3. The molecule has 0 aliphatic carbocycles. The molecular weight excluding hydrogens is 291 g/mol. The summed E-state index contributed by atoms with van der Waals surface area (Å²) in [6.45, 7) is 0. The molecule has 0 fully saturated rings. The summed E-state index contributed by atoms with van der Waals surface area (Å²) in [5.41, 5.74) is -0.105. The Morgan fingerprint density at radius 1 is 1.50 bits per heavy atom. The highest BCUT2D eigenvalue weighted by molar-refractivity contribution is 6.28. The second kappa shape index (κ2) is 5.66. The summed E-state index contributed by atoms with van der Waals surface area (Å²) in [4.78, 5) is 17.4. The smallest absolute Gasteiger partial charge is 0.329 e. The number of rotatable bonds is 4. The first-order chi connectivity index (χ1) is 9.51. The number of hydrogen-bond acceptors (Lipinski definition) is 6. The lowest BCUT2D eigenvalue weighted by Crippen LogP contribution is -2.01. The third-order valence-corrected chi connectivity index (χ3v) is 2.53. The van der Waals surface area contributed by atoms with Crippen molar-refractivity contribution in [3.8, 4) is 5.75 Å². The molecule has 1 aromatic carbocycles. The number of nitrogens with one attached hydrogen (secondary N) is 1. The second-order valence-corrected chi connectivity index (χ2v) is 3.94. The fourth-order valence-electron chi connectivity index (χ4n) is 1.46. The van der Waals surface area contributed by atoms with Crippen LogP contribution < -0.4 is 10.1 Å². The van der Waals surface area contributed by atoms with Gasteiger partial charge in [0.2, 0.25) is 11.1 Å². The van der Waals surface area contributed by atoms with E-state index in [-0.39, 0.29) is 28.2 Å². The Labute approximate surface area is 117 Å². The van der Waals surface area contributed by atoms with Crippen molar-refractivity contribution in [2.45, 2.75) is 0 Å². The minimum atomic E-state index is -0.668. The summed E-state index contributed by atoms with van der Waals surface area (Å²) in [6, 6.07) is 3.99. The van der Waals surface area contributed by atoms with Gasteiger partial charge in [-0.05, 0) is 23.7 Å². The lowest BCUT2D eigenvalue weighted by atomic mass is 10.3. The Morgan fingerprint density at radius 3 is 2.85 bits per heavy atom. The van der Waals surface area contributed by atoms with E-state index in [0.717, 1.165) is 12.3 Å². The zero-order valence-electron chi connectivity index (χ0n) is 10.1. The van der Waals surface area contributed by atoms with E-state index in [4.69, 9.17) is 16.3 Å². The molecular formula is C11H8ClFN4O3. The molecule has 0 aliphatic rings. The molecule has 0 aliphatic heterocycles. The number of benzene rings is 1. The predicted molar refractivity (Wildman–Crippen MR) is 69.9 cm³/mol. The topological polar surface area (TPSA) is 90.2 Å². The van der Waals surface area contributed by atoms with Gasteiger partial charge in [0, 0.05) is 11.8 Å². The maximum Gasteiger partial charge on any atom is 0.329 e. The molecule has 9 heteroatoms. The Balaban J connectivity index is 2.36. The van der Waals surface area contributed by atoms with Crippen molar-refractivity contribution in [3.05, 3.63) is 45.6 Å². The van der Waals surface area contributed by atoms with Gasteiger partial charge in [-0.25, -0.2) is 9.37 Å². The Kier molecular flexibility index (Phi) is 3.94. The largest absolute Gasteiger partial charge is 0.494 e. The van der Waals surface area contributed by atoms with E-state index < -0.39 is 10.7 Å². The first-order valence-electron chi connectivity index (χ1n) is 5.28. The molecule has 0 unspecified atom stereocenters. The quantitative estimate of drug-likeness (QED) is 0.530. The number of methoxy groups -OCH3 is 1. The summed E-state index contributed by atoms with van der Waals surface area (Å²) < 4.78 is 18.3.